The summed E-state index contributed by atoms with van der Waals surface area (Å²) < 4.78 is 6.95. The van der Waals surface area contributed by atoms with Crippen molar-refractivity contribution in [1.82, 2.24) is 25.3 Å². The van der Waals surface area contributed by atoms with Crippen molar-refractivity contribution in [1.29, 1.82) is 0 Å². The van der Waals surface area contributed by atoms with Gasteiger partial charge < -0.3 is 20.3 Å². The summed E-state index contributed by atoms with van der Waals surface area (Å²) in [6.07, 6.45) is 3.70. The third-order valence-corrected chi connectivity index (χ3v) is 3.92. The van der Waals surface area contributed by atoms with Crippen molar-refractivity contribution in [2.24, 2.45) is 4.99 Å². The lowest BCUT2D eigenvalue weighted by Gasteiger charge is -2.15. The summed E-state index contributed by atoms with van der Waals surface area (Å²) in [4.78, 5) is 18.0. The van der Waals surface area contributed by atoms with Crippen LogP contribution in [-0.4, -0.2) is 67.4 Å². The van der Waals surface area contributed by atoms with Crippen molar-refractivity contribution in [3.8, 4) is 0 Å². The number of carbonyl (C=O) groups is 1. The van der Waals surface area contributed by atoms with Crippen LogP contribution in [0.25, 0.3) is 0 Å². The molecule has 2 rings (SSSR count). The maximum absolute atomic E-state index is 11.8. The van der Waals surface area contributed by atoms with E-state index in [9.17, 15) is 4.79 Å². The molecule has 0 aliphatic rings. The number of hydrogen-bond donors (Lipinski definition) is 2. The van der Waals surface area contributed by atoms with Gasteiger partial charge in [-0.2, -0.15) is 5.10 Å². The Morgan fingerprint density at radius 2 is 2.00 bits per heavy atom. The number of nitrogens with one attached hydrogen (secondary N) is 2. The standard InChI is InChI=1S/C19H28N6O2/c1-24(2)18(26)14-22-19(20-10-12-27-3)21-13-16-7-4-5-8-17(16)15-25-11-6-9-23-25/h4-9,11H,10,12-15H2,1-3H3,(H2,20,21,22). The SMILES string of the molecule is COCCNC(=NCc1ccccc1Cn1cccn1)NCC(=O)N(C)C. The molecule has 0 radical (unpaired) electrons. The normalized spacial score (nSPS) is 11.3. The third-order valence-electron chi connectivity index (χ3n) is 3.92. The first-order valence-corrected chi connectivity index (χ1v) is 8.85. The van der Waals surface area contributed by atoms with E-state index in [0.29, 0.717) is 32.2 Å². The van der Waals surface area contributed by atoms with Crippen LogP contribution >= 0.6 is 0 Å². The number of hydrogen-bond acceptors (Lipinski definition) is 4. The van der Waals surface area contributed by atoms with Gasteiger partial charge in [0.25, 0.3) is 0 Å². The highest BCUT2D eigenvalue weighted by molar-refractivity contribution is 5.86. The highest BCUT2D eigenvalue weighted by Gasteiger charge is 2.07. The smallest absolute Gasteiger partial charge is 0.241 e. The van der Waals surface area contributed by atoms with Gasteiger partial charge in [-0.1, -0.05) is 24.3 Å². The van der Waals surface area contributed by atoms with Crippen LogP contribution < -0.4 is 10.6 Å². The Morgan fingerprint density at radius 3 is 2.67 bits per heavy atom. The minimum Gasteiger partial charge on any atom is -0.383 e. The molecule has 2 aromatic rings. The lowest BCUT2D eigenvalue weighted by Crippen LogP contribution is -2.43. The molecule has 146 valence electrons. The van der Waals surface area contributed by atoms with E-state index in [2.05, 4.69) is 32.9 Å². The van der Waals surface area contributed by atoms with Crippen LogP contribution in [0.1, 0.15) is 11.1 Å². The summed E-state index contributed by atoms with van der Waals surface area (Å²) in [5.74, 6) is 0.562. The lowest BCUT2D eigenvalue weighted by atomic mass is 10.1. The van der Waals surface area contributed by atoms with Gasteiger partial charge >= 0.3 is 0 Å². The van der Waals surface area contributed by atoms with Gasteiger partial charge in [0, 0.05) is 40.1 Å². The molecule has 8 heteroatoms. The van der Waals surface area contributed by atoms with E-state index in [1.54, 1.807) is 32.3 Å². The molecular formula is C19H28N6O2. The average Bonchev–Trinajstić information content (AvgIpc) is 3.17. The molecule has 0 aliphatic carbocycles. The molecule has 1 amide bonds. The second-order valence-electron chi connectivity index (χ2n) is 6.20. The number of likely N-dealkylation sites (N-methyl/N-ethyl adjacent to an activating group) is 1. The van der Waals surface area contributed by atoms with E-state index in [-0.39, 0.29) is 12.5 Å². The topological polar surface area (TPSA) is 83.8 Å². The maximum atomic E-state index is 11.8. The first-order valence-electron chi connectivity index (χ1n) is 8.85. The summed E-state index contributed by atoms with van der Waals surface area (Å²) >= 11 is 0. The molecule has 0 fully saturated rings. The largest absolute Gasteiger partial charge is 0.383 e. The number of nitrogens with zero attached hydrogens (tertiary/aromatic N) is 4. The summed E-state index contributed by atoms with van der Waals surface area (Å²) in [6.45, 7) is 2.53. The first kappa shape index (κ1) is 20.4. The third kappa shape index (κ3) is 7.10. The maximum Gasteiger partial charge on any atom is 0.241 e. The van der Waals surface area contributed by atoms with Crippen molar-refractivity contribution < 1.29 is 9.53 Å². The molecule has 1 heterocycles. The van der Waals surface area contributed by atoms with Gasteiger partial charge in [-0.05, 0) is 17.2 Å². The van der Waals surface area contributed by atoms with Crippen molar-refractivity contribution >= 4 is 11.9 Å². The van der Waals surface area contributed by atoms with Gasteiger partial charge in [0.1, 0.15) is 0 Å². The van der Waals surface area contributed by atoms with Gasteiger partial charge in [0.15, 0.2) is 5.96 Å². The van der Waals surface area contributed by atoms with E-state index in [4.69, 9.17) is 4.74 Å². The van der Waals surface area contributed by atoms with E-state index in [1.165, 1.54) is 0 Å². The number of aromatic nitrogens is 2. The van der Waals surface area contributed by atoms with Gasteiger partial charge in [0.05, 0.1) is 26.2 Å². The molecule has 27 heavy (non-hydrogen) atoms. The zero-order chi connectivity index (χ0) is 19.5. The summed E-state index contributed by atoms with van der Waals surface area (Å²) in [7, 11) is 5.10. The fourth-order valence-corrected chi connectivity index (χ4v) is 2.36. The lowest BCUT2D eigenvalue weighted by molar-refractivity contribution is -0.127. The van der Waals surface area contributed by atoms with E-state index in [1.807, 2.05) is 29.1 Å². The van der Waals surface area contributed by atoms with E-state index in [0.717, 1.165) is 11.1 Å². The number of methoxy groups -OCH3 is 1. The Labute approximate surface area is 160 Å². The molecule has 0 spiro atoms. The minimum absolute atomic E-state index is 0.0182. The minimum atomic E-state index is -0.0182. The van der Waals surface area contributed by atoms with Crippen molar-refractivity contribution in [3.05, 3.63) is 53.9 Å². The predicted molar refractivity (Wildman–Crippen MR) is 105 cm³/mol. The van der Waals surface area contributed by atoms with E-state index < -0.39 is 0 Å². The van der Waals surface area contributed by atoms with Crippen LogP contribution in [0.15, 0.2) is 47.7 Å². The Balaban J connectivity index is 2.05. The van der Waals surface area contributed by atoms with Crippen LogP contribution in [0.4, 0.5) is 0 Å². The zero-order valence-corrected chi connectivity index (χ0v) is 16.2. The fourth-order valence-electron chi connectivity index (χ4n) is 2.36. The van der Waals surface area contributed by atoms with Crippen LogP contribution in [-0.2, 0) is 22.6 Å². The van der Waals surface area contributed by atoms with Gasteiger partial charge in [0.2, 0.25) is 5.91 Å². The summed E-state index contributed by atoms with van der Waals surface area (Å²) in [6, 6.07) is 10.0. The van der Waals surface area contributed by atoms with Crippen molar-refractivity contribution in [2.75, 3.05) is 40.9 Å². The quantitative estimate of drug-likeness (QED) is 0.385. The molecule has 0 unspecified atom stereocenters. The number of amides is 1. The number of aliphatic imine (C=N–C) groups is 1. The summed E-state index contributed by atoms with van der Waals surface area (Å²) in [5, 5.41) is 10.5. The van der Waals surface area contributed by atoms with Crippen LogP contribution in [0, 0.1) is 0 Å². The van der Waals surface area contributed by atoms with Crippen molar-refractivity contribution in [2.45, 2.75) is 13.1 Å². The predicted octanol–water partition coefficient (Wildman–Crippen LogP) is 0.701. The molecule has 0 aliphatic heterocycles. The molecule has 1 aromatic heterocycles. The van der Waals surface area contributed by atoms with Gasteiger partial charge in [-0.15, -0.1) is 0 Å². The molecular weight excluding hydrogens is 344 g/mol. The highest BCUT2D eigenvalue weighted by Crippen LogP contribution is 2.11. The number of ether oxygens (including phenoxy) is 1. The monoisotopic (exact) mass is 372 g/mol. The molecule has 0 bridgehead atoms. The molecule has 2 N–H and O–H groups in total. The Hall–Kier alpha value is -2.87. The molecule has 0 atom stereocenters. The molecule has 0 saturated carbocycles. The average molecular weight is 372 g/mol. The summed E-state index contributed by atoms with van der Waals surface area (Å²) in [5.41, 5.74) is 2.27. The van der Waals surface area contributed by atoms with Crippen molar-refractivity contribution in [3.63, 3.8) is 0 Å². The number of benzene rings is 1. The highest BCUT2D eigenvalue weighted by atomic mass is 16.5. The number of rotatable bonds is 9. The fraction of sp³-hybridized carbons (Fsp3) is 0.421. The molecule has 0 saturated heterocycles. The van der Waals surface area contributed by atoms with E-state index >= 15 is 0 Å². The van der Waals surface area contributed by atoms with Crippen LogP contribution in [0.2, 0.25) is 0 Å². The van der Waals surface area contributed by atoms with Gasteiger partial charge in [-0.25, -0.2) is 4.99 Å². The van der Waals surface area contributed by atoms with Crippen LogP contribution in [0.3, 0.4) is 0 Å². The second-order valence-corrected chi connectivity index (χ2v) is 6.20. The zero-order valence-electron chi connectivity index (χ0n) is 16.2. The Kier molecular flexibility index (Phi) is 8.31. The van der Waals surface area contributed by atoms with Crippen LogP contribution in [0.5, 0.6) is 0 Å². The number of carbonyl (C=O) groups excluding carboxylic acids is 1. The molecule has 8 nitrogen and oxygen atoms in total. The first-order chi connectivity index (χ1) is 13.1. The second kappa shape index (κ2) is 11.0. The van der Waals surface area contributed by atoms with Gasteiger partial charge in [-0.3, -0.25) is 9.48 Å². The Bertz CT molecular complexity index is 728. The molecule has 1 aromatic carbocycles. The Morgan fingerprint density at radius 1 is 1.22 bits per heavy atom. The number of guanidine groups is 1.